The number of benzene rings is 2. The molecule has 0 aliphatic carbocycles. The average Bonchev–Trinajstić information content (AvgIpc) is 3.53. The molecule has 43 heavy (non-hydrogen) atoms. The highest BCUT2D eigenvalue weighted by Crippen LogP contribution is 2.39. The van der Waals surface area contributed by atoms with E-state index in [2.05, 4.69) is 11.0 Å². The summed E-state index contributed by atoms with van der Waals surface area (Å²) in [4.78, 5) is 33.6. The first-order valence-electron chi connectivity index (χ1n) is 16.4. The summed E-state index contributed by atoms with van der Waals surface area (Å²) in [6.45, 7) is 6.11. The summed E-state index contributed by atoms with van der Waals surface area (Å²) < 4.78 is 18.2. The van der Waals surface area contributed by atoms with Gasteiger partial charge in [-0.25, -0.2) is 0 Å². The summed E-state index contributed by atoms with van der Waals surface area (Å²) >= 11 is 0. The molecule has 1 spiro atoms. The van der Waals surface area contributed by atoms with Crippen LogP contribution >= 0.6 is 0 Å². The van der Waals surface area contributed by atoms with Crippen molar-refractivity contribution in [3.05, 3.63) is 53.6 Å². The third-order valence-electron chi connectivity index (χ3n) is 10.1. The molecule has 8 nitrogen and oxygen atoms in total. The van der Waals surface area contributed by atoms with Gasteiger partial charge < -0.3 is 28.9 Å². The Morgan fingerprint density at radius 3 is 2.56 bits per heavy atom. The summed E-state index contributed by atoms with van der Waals surface area (Å²) in [6.07, 6.45) is 10.5. The normalized spacial score (nSPS) is 23.2. The van der Waals surface area contributed by atoms with Crippen LogP contribution in [0.3, 0.4) is 0 Å². The zero-order valence-electron chi connectivity index (χ0n) is 25.7. The zero-order chi connectivity index (χ0) is 29.6. The molecule has 4 aliphatic rings. The number of ether oxygens (including phenoxy) is 3. The summed E-state index contributed by atoms with van der Waals surface area (Å²) in [5.41, 5.74) is 2.40. The number of likely N-dealkylation sites (tertiary alicyclic amines) is 1. The van der Waals surface area contributed by atoms with Crippen molar-refractivity contribution in [2.45, 2.75) is 70.3 Å². The van der Waals surface area contributed by atoms with E-state index < -0.39 is 0 Å². The molecule has 0 saturated carbocycles. The maximum absolute atomic E-state index is 13.9. The van der Waals surface area contributed by atoms with Crippen LogP contribution in [0, 0.1) is 5.41 Å². The minimum Gasteiger partial charge on any atom is -0.496 e. The van der Waals surface area contributed by atoms with E-state index in [1.165, 1.54) is 19.3 Å². The molecular weight excluding hydrogens is 542 g/mol. The number of anilines is 1. The van der Waals surface area contributed by atoms with Crippen LogP contribution in [0.15, 0.2) is 42.5 Å². The summed E-state index contributed by atoms with van der Waals surface area (Å²) in [6, 6.07) is 13.9. The van der Waals surface area contributed by atoms with E-state index in [0.717, 1.165) is 76.0 Å². The van der Waals surface area contributed by atoms with E-state index in [9.17, 15) is 9.59 Å². The Balaban J connectivity index is 1.15. The molecule has 0 radical (unpaired) electrons. The average molecular weight is 590 g/mol. The first-order valence-corrected chi connectivity index (χ1v) is 16.4. The molecule has 2 bridgehead atoms. The molecule has 2 aromatic rings. The number of methoxy groups -OCH3 is 1. The van der Waals surface area contributed by atoms with Gasteiger partial charge in [0, 0.05) is 56.0 Å². The van der Waals surface area contributed by atoms with E-state index >= 15 is 0 Å². The predicted molar refractivity (Wildman–Crippen MR) is 167 cm³/mol. The molecule has 3 saturated heterocycles. The van der Waals surface area contributed by atoms with Gasteiger partial charge in [-0.15, -0.1) is 0 Å². The van der Waals surface area contributed by atoms with Gasteiger partial charge in [-0.3, -0.25) is 9.59 Å². The SMILES string of the molecule is COc1ccc(N2CCCCC2)cc1C(=O)N1CCC2(CCCCOC[C@@H]3CCCN3C(=O)c3cccc(c3)OC2)CC1. The Morgan fingerprint density at radius 1 is 0.907 bits per heavy atom. The van der Waals surface area contributed by atoms with Gasteiger partial charge in [-0.2, -0.15) is 0 Å². The fourth-order valence-corrected chi connectivity index (χ4v) is 7.35. The Labute approximate surface area is 256 Å². The number of amides is 2. The number of carbonyl (C=O) groups is 2. The van der Waals surface area contributed by atoms with Gasteiger partial charge in [0.1, 0.15) is 11.5 Å². The second kappa shape index (κ2) is 13.6. The van der Waals surface area contributed by atoms with Gasteiger partial charge >= 0.3 is 0 Å². The summed E-state index contributed by atoms with van der Waals surface area (Å²) in [5, 5.41) is 0. The van der Waals surface area contributed by atoms with Crippen molar-refractivity contribution in [3.8, 4) is 11.5 Å². The predicted octanol–water partition coefficient (Wildman–Crippen LogP) is 5.79. The number of carbonyl (C=O) groups excluding carboxylic acids is 2. The first kappa shape index (κ1) is 29.8. The number of fused-ring (bicyclic) bond motifs is 3. The lowest BCUT2D eigenvalue weighted by molar-refractivity contribution is 0.0331. The number of piperidine rings is 2. The minimum atomic E-state index is -0.0310. The van der Waals surface area contributed by atoms with Crippen molar-refractivity contribution in [1.29, 1.82) is 0 Å². The van der Waals surface area contributed by atoms with Crippen molar-refractivity contribution in [2.75, 3.05) is 64.6 Å². The Hall–Kier alpha value is -3.26. The monoisotopic (exact) mass is 589 g/mol. The molecule has 232 valence electrons. The highest BCUT2D eigenvalue weighted by Gasteiger charge is 2.37. The van der Waals surface area contributed by atoms with Crippen molar-refractivity contribution in [1.82, 2.24) is 9.80 Å². The van der Waals surface area contributed by atoms with Crippen LogP contribution in [0.5, 0.6) is 11.5 Å². The smallest absolute Gasteiger partial charge is 0.257 e. The minimum absolute atomic E-state index is 0.0310. The second-order valence-electron chi connectivity index (χ2n) is 12.9. The largest absolute Gasteiger partial charge is 0.496 e. The van der Waals surface area contributed by atoms with Crippen LogP contribution in [-0.4, -0.2) is 87.3 Å². The number of nitrogens with zero attached hydrogens (tertiary/aromatic N) is 3. The van der Waals surface area contributed by atoms with Gasteiger partial charge in [0.2, 0.25) is 0 Å². The van der Waals surface area contributed by atoms with E-state index in [1.54, 1.807) is 7.11 Å². The highest BCUT2D eigenvalue weighted by atomic mass is 16.5. The van der Waals surface area contributed by atoms with Crippen LogP contribution in [-0.2, 0) is 4.74 Å². The molecule has 4 heterocycles. The van der Waals surface area contributed by atoms with Crippen molar-refractivity contribution in [2.24, 2.45) is 5.41 Å². The van der Waals surface area contributed by atoms with Crippen LogP contribution in [0.25, 0.3) is 0 Å². The molecule has 3 fully saturated rings. The maximum Gasteiger partial charge on any atom is 0.257 e. The molecule has 6 rings (SSSR count). The van der Waals surface area contributed by atoms with Crippen molar-refractivity contribution >= 4 is 17.5 Å². The topological polar surface area (TPSA) is 71.6 Å². The molecule has 0 unspecified atom stereocenters. The lowest BCUT2D eigenvalue weighted by atomic mass is 9.75. The number of rotatable bonds is 3. The van der Waals surface area contributed by atoms with Gasteiger partial charge in [0.05, 0.1) is 31.9 Å². The molecule has 0 N–H and O–H groups in total. The third-order valence-corrected chi connectivity index (χ3v) is 10.1. The standard InChI is InChI=1S/C35H47N3O5/c1-41-32-13-12-28(36-17-4-2-5-18-36)24-31(32)34(40)37-20-15-35(16-21-37)14-3-6-22-42-25-29-10-8-19-38(29)33(39)27-9-7-11-30(23-27)43-26-35/h7,9,11-13,23-24,29H,2-6,8,10,14-22,25-26H2,1H3/t29-/m0/s1. The molecule has 2 aromatic carbocycles. The first-order chi connectivity index (χ1) is 21.0. The van der Waals surface area contributed by atoms with Crippen LogP contribution in [0.1, 0.15) is 84.9 Å². The molecular formula is C35H47N3O5. The molecule has 4 aliphatic heterocycles. The highest BCUT2D eigenvalue weighted by molar-refractivity contribution is 5.98. The summed E-state index contributed by atoms with van der Waals surface area (Å²) in [7, 11) is 1.64. The lowest BCUT2D eigenvalue weighted by Gasteiger charge is -2.42. The van der Waals surface area contributed by atoms with E-state index in [1.807, 2.05) is 46.2 Å². The Bertz CT molecular complexity index is 1270. The number of hydrogen-bond acceptors (Lipinski definition) is 6. The van der Waals surface area contributed by atoms with Crippen molar-refractivity contribution in [3.63, 3.8) is 0 Å². The fourth-order valence-electron chi connectivity index (χ4n) is 7.35. The van der Waals surface area contributed by atoms with Crippen LogP contribution < -0.4 is 14.4 Å². The molecule has 0 aromatic heterocycles. The quantitative estimate of drug-likeness (QED) is 0.451. The van der Waals surface area contributed by atoms with Gasteiger partial charge in [-0.05, 0) is 94.2 Å². The second-order valence-corrected chi connectivity index (χ2v) is 12.9. The van der Waals surface area contributed by atoms with Crippen LogP contribution in [0.4, 0.5) is 5.69 Å². The van der Waals surface area contributed by atoms with Gasteiger partial charge in [-0.1, -0.05) is 12.5 Å². The molecule has 1 atom stereocenters. The van der Waals surface area contributed by atoms with Gasteiger partial charge in [0.15, 0.2) is 0 Å². The Morgan fingerprint density at radius 2 is 1.74 bits per heavy atom. The van der Waals surface area contributed by atoms with Gasteiger partial charge in [0.25, 0.3) is 11.8 Å². The molecule has 8 heteroatoms. The van der Waals surface area contributed by atoms with Crippen molar-refractivity contribution < 1.29 is 23.8 Å². The van der Waals surface area contributed by atoms with E-state index in [-0.39, 0.29) is 23.3 Å². The third kappa shape index (κ3) is 6.79. The number of hydrogen-bond donors (Lipinski definition) is 0. The fraction of sp³-hybridized carbons (Fsp3) is 0.600. The van der Waals surface area contributed by atoms with Crippen LogP contribution in [0.2, 0.25) is 0 Å². The zero-order valence-corrected chi connectivity index (χ0v) is 25.7. The maximum atomic E-state index is 13.9. The van der Waals surface area contributed by atoms with E-state index in [0.29, 0.717) is 49.8 Å². The van der Waals surface area contributed by atoms with E-state index in [4.69, 9.17) is 14.2 Å². The lowest BCUT2D eigenvalue weighted by Crippen LogP contribution is -2.45. The Kier molecular flexibility index (Phi) is 9.41. The molecule has 2 amide bonds. The summed E-state index contributed by atoms with van der Waals surface area (Å²) in [5.74, 6) is 1.49.